The first kappa shape index (κ1) is 17.1. The zero-order valence-electron chi connectivity index (χ0n) is 14.1. The molecule has 26 heavy (non-hydrogen) atoms. The van der Waals surface area contributed by atoms with Crippen LogP contribution in [0.15, 0.2) is 54.7 Å². The predicted octanol–water partition coefficient (Wildman–Crippen LogP) is 5.13. The first-order chi connectivity index (χ1) is 12.7. The molecule has 0 amide bonds. The van der Waals surface area contributed by atoms with Crippen LogP contribution in [-0.2, 0) is 12.8 Å². The zero-order chi connectivity index (χ0) is 17.9. The number of hydrogen-bond donors (Lipinski definition) is 1. The van der Waals surface area contributed by atoms with Gasteiger partial charge in [0, 0.05) is 35.0 Å². The molecule has 1 N–H and O–H groups in total. The van der Waals surface area contributed by atoms with Gasteiger partial charge in [0.1, 0.15) is 5.82 Å². The van der Waals surface area contributed by atoms with E-state index in [1.54, 1.807) is 12.3 Å². The molecule has 6 heteroatoms. The molecule has 3 aromatic rings. The molecule has 0 saturated carbocycles. The van der Waals surface area contributed by atoms with E-state index in [9.17, 15) is 0 Å². The van der Waals surface area contributed by atoms with Gasteiger partial charge in [-0.3, -0.25) is 0 Å². The van der Waals surface area contributed by atoms with E-state index >= 15 is 0 Å². The van der Waals surface area contributed by atoms with Gasteiger partial charge >= 0.3 is 0 Å². The number of nitrogens with one attached hydrogen (secondary N) is 1. The molecular formula is C20H18Cl2N4. The molecule has 1 aromatic heterocycles. The van der Waals surface area contributed by atoms with E-state index in [0.717, 1.165) is 43.3 Å². The van der Waals surface area contributed by atoms with Crippen molar-refractivity contribution in [2.45, 2.75) is 12.8 Å². The van der Waals surface area contributed by atoms with Gasteiger partial charge in [-0.15, -0.1) is 0 Å². The third-order valence-corrected chi connectivity index (χ3v) is 5.07. The highest BCUT2D eigenvalue weighted by atomic mass is 35.5. The van der Waals surface area contributed by atoms with Gasteiger partial charge in [0.25, 0.3) is 0 Å². The van der Waals surface area contributed by atoms with E-state index in [4.69, 9.17) is 23.2 Å². The minimum Gasteiger partial charge on any atom is -0.370 e. The maximum atomic E-state index is 6.23. The second-order valence-electron chi connectivity index (χ2n) is 6.18. The molecule has 1 aliphatic rings. The fourth-order valence-corrected chi connectivity index (χ4v) is 3.68. The number of fused-ring (bicyclic) bond motifs is 1. The molecule has 4 rings (SSSR count). The standard InChI is InChI=1S/C20H18Cl2N4/c21-16-6-5-14(17(22)13-16)7-10-23-19-8-11-24-20(25-19)26-12-9-15-3-1-2-4-18(15)26/h1-6,8,11,13H,7,9-10,12H2,(H,23,24,25). The average molecular weight is 385 g/mol. The van der Waals surface area contributed by atoms with Crippen LogP contribution in [0.4, 0.5) is 17.5 Å². The molecule has 0 radical (unpaired) electrons. The van der Waals surface area contributed by atoms with E-state index in [-0.39, 0.29) is 0 Å². The summed E-state index contributed by atoms with van der Waals surface area (Å²) in [4.78, 5) is 11.3. The summed E-state index contributed by atoms with van der Waals surface area (Å²) in [5.41, 5.74) is 3.59. The maximum Gasteiger partial charge on any atom is 0.231 e. The number of halogens is 2. The van der Waals surface area contributed by atoms with E-state index in [0.29, 0.717) is 10.0 Å². The molecule has 2 heterocycles. The van der Waals surface area contributed by atoms with E-state index in [1.165, 1.54) is 11.3 Å². The summed E-state index contributed by atoms with van der Waals surface area (Å²) < 4.78 is 0. The Morgan fingerprint density at radius 3 is 2.85 bits per heavy atom. The summed E-state index contributed by atoms with van der Waals surface area (Å²) in [5.74, 6) is 1.54. The Labute approximate surface area is 162 Å². The molecule has 132 valence electrons. The Balaban J connectivity index is 1.44. The van der Waals surface area contributed by atoms with Crippen LogP contribution in [0.25, 0.3) is 0 Å². The maximum absolute atomic E-state index is 6.23. The van der Waals surface area contributed by atoms with Gasteiger partial charge in [-0.2, -0.15) is 4.98 Å². The lowest BCUT2D eigenvalue weighted by atomic mass is 10.1. The number of anilines is 3. The summed E-state index contributed by atoms with van der Waals surface area (Å²) >= 11 is 12.2. The monoisotopic (exact) mass is 384 g/mol. The van der Waals surface area contributed by atoms with E-state index in [1.807, 2.05) is 18.2 Å². The second-order valence-corrected chi connectivity index (χ2v) is 7.03. The largest absolute Gasteiger partial charge is 0.370 e. The van der Waals surface area contributed by atoms with Crippen molar-refractivity contribution < 1.29 is 0 Å². The van der Waals surface area contributed by atoms with Crippen molar-refractivity contribution in [1.29, 1.82) is 0 Å². The van der Waals surface area contributed by atoms with Gasteiger partial charge in [0.2, 0.25) is 5.95 Å². The number of para-hydroxylation sites is 1. The lowest BCUT2D eigenvalue weighted by Gasteiger charge is -2.17. The van der Waals surface area contributed by atoms with Gasteiger partial charge in [-0.05, 0) is 48.2 Å². The number of hydrogen-bond acceptors (Lipinski definition) is 4. The summed E-state index contributed by atoms with van der Waals surface area (Å²) in [6.07, 6.45) is 3.61. The van der Waals surface area contributed by atoms with Crippen molar-refractivity contribution in [2.24, 2.45) is 0 Å². The Kier molecular flexibility index (Phi) is 4.96. The van der Waals surface area contributed by atoms with Crippen molar-refractivity contribution >= 4 is 40.7 Å². The number of nitrogens with zero attached hydrogens (tertiary/aromatic N) is 3. The van der Waals surface area contributed by atoms with Crippen LogP contribution in [0.1, 0.15) is 11.1 Å². The minimum absolute atomic E-state index is 0.651. The summed E-state index contributed by atoms with van der Waals surface area (Å²) in [6.45, 7) is 1.64. The third-order valence-electron chi connectivity index (χ3n) is 4.49. The summed E-state index contributed by atoms with van der Waals surface area (Å²) in [6, 6.07) is 15.9. The normalized spacial score (nSPS) is 12.9. The van der Waals surface area contributed by atoms with Crippen molar-refractivity contribution in [1.82, 2.24) is 9.97 Å². The fourth-order valence-electron chi connectivity index (χ4n) is 3.17. The quantitative estimate of drug-likeness (QED) is 0.661. The van der Waals surface area contributed by atoms with Crippen molar-refractivity contribution in [3.05, 3.63) is 75.9 Å². The highest BCUT2D eigenvalue weighted by Gasteiger charge is 2.21. The fraction of sp³-hybridized carbons (Fsp3) is 0.200. The van der Waals surface area contributed by atoms with Crippen LogP contribution in [0, 0.1) is 0 Å². The Morgan fingerprint density at radius 1 is 1.08 bits per heavy atom. The Hall–Kier alpha value is -2.30. The number of rotatable bonds is 5. The molecule has 0 atom stereocenters. The molecule has 0 fully saturated rings. The molecule has 0 saturated heterocycles. The van der Waals surface area contributed by atoms with Gasteiger partial charge in [-0.25, -0.2) is 4.98 Å². The van der Waals surface area contributed by atoms with Crippen molar-refractivity contribution in [3.8, 4) is 0 Å². The van der Waals surface area contributed by atoms with Crippen LogP contribution in [-0.4, -0.2) is 23.1 Å². The first-order valence-corrected chi connectivity index (χ1v) is 9.32. The van der Waals surface area contributed by atoms with Crippen molar-refractivity contribution in [2.75, 3.05) is 23.3 Å². The zero-order valence-corrected chi connectivity index (χ0v) is 15.6. The molecule has 0 unspecified atom stereocenters. The Bertz CT molecular complexity index is 929. The average Bonchev–Trinajstić information content (AvgIpc) is 3.08. The summed E-state index contributed by atoms with van der Waals surface area (Å²) in [5, 5.41) is 4.70. The van der Waals surface area contributed by atoms with Crippen LogP contribution >= 0.6 is 23.2 Å². The van der Waals surface area contributed by atoms with Crippen LogP contribution < -0.4 is 10.2 Å². The molecule has 2 aromatic carbocycles. The molecule has 1 aliphatic heterocycles. The lowest BCUT2D eigenvalue weighted by molar-refractivity contribution is 0.932. The van der Waals surface area contributed by atoms with Gasteiger partial charge < -0.3 is 10.2 Å². The minimum atomic E-state index is 0.651. The predicted molar refractivity (Wildman–Crippen MR) is 108 cm³/mol. The first-order valence-electron chi connectivity index (χ1n) is 8.57. The summed E-state index contributed by atoms with van der Waals surface area (Å²) in [7, 11) is 0. The molecule has 0 bridgehead atoms. The van der Waals surface area contributed by atoms with E-state index in [2.05, 4.69) is 44.5 Å². The van der Waals surface area contributed by atoms with E-state index < -0.39 is 0 Å². The molecule has 4 nitrogen and oxygen atoms in total. The van der Waals surface area contributed by atoms with Crippen LogP contribution in [0.3, 0.4) is 0 Å². The van der Waals surface area contributed by atoms with Crippen molar-refractivity contribution in [3.63, 3.8) is 0 Å². The van der Waals surface area contributed by atoms with Crippen LogP contribution in [0.2, 0.25) is 10.0 Å². The SMILES string of the molecule is Clc1ccc(CCNc2ccnc(N3CCc4ccccc43)n2)c(Cl)c1. The van der Waals surface area contributed by atoms with Gasteiger partial charge in [0.05, 0.1) is 0 Å². The molecule has 0 aliphatic carbocycles. The van der Waals surface area contributed by atoms with Crippen LogP contribution in [0.5, 0.6) is 0 Å². The smallest absolute Gasteiger partial charge is 0.231 e. The second kappa shape index (κ2) is 7.52. The lowest BCUT2D eigenvalue weighted by Crippen LogP contribution is -2.17. The topological polar surface area (TPSA) is 41.1 Å². The van der Waals surface area contributed by atoms with Gasteiger partial charge in [-0.1, -0.05) is 47.5 Å². The molecular weight excluding hydrogens is 367 g/mol. The highest BCUT2D eigenvalue weighted by Crippen LogP contribution is 2.32. The molecule has 0 spiro atoms. The highest BCUT2D eigenvalue weighted by molar-refractivity contribution is 6.35. The number of aromatic nitrogens is 2. The van der Waals surface area contributed by atoms with Gasteiger partial charge in [0.15, 0.2) is 0 Å². The Morgan fingerprint density at radius 2 is 1.96 bits per heavy atom. The third kappa shape index (κ3) is 3.62. The number of benzene rings is 2.